The van der Waals surface area contributed by atoms with Crippen molar-refractivity contribution in [1.82, 2.24) is 4.98 Å². The normalized spacial score (nSPS) is 25.6. The van der Waals surface area contributed by atoms with Gasteiger partial charge in [0.25, 0.3) is 0 Å². The van der Waals surface area contributed by atoms with E-state index in [2.05, 4.69) is 35.3 Å². The highest BCUT2D eigenvalue weighted by Crippen LogP contribution is 2.56. The first kappa shape index (κ1) is 16.5. The van der Waals surface area contributed by atoms with Gasteiger partial charge in [-0.15, -0.1) is 0 Å². The van der Waals surface area contributed by atoms with E-state index < -0.39 is 0 Å². The van der Waals surface area contributed by atoms with Gasteiger partial charge < -0.3 is 9.47 Å². The van der Waals surface area contributed by atoms with Crippen molar-refractivity contribution in [2.75, 3.05) is 13.2 Å². The molecule has 0 radical (unpaired) electrons. The first-order valence-corrected chi connectivity index (χ1v) is 10.0. The molecule has 2 aliphatic carbocycles. The van der Waals surface area contributed by atoms with Gasteiger partial charge in [-0.05, 0) is 66.2 Å². The van der Waals surface area contributed by atoms with Crippen LogP contribution in [0.4, 0.5) is 0 Å². The maximum atomic E-state index is 6.01. The summed E-state index contributed by atoms with van der Waals surface area (Å²) in [5, 5.41) is 0. The SMILES string of the molecule is c1cncc(CCC2Cc3ccccc3C23CCC2(CC3)OCCO2)c1. The van der Waals surface area contributed by atoms with Crippen molar-refractivity contribution in [3.63, 3.8) is 0 Å². The molecule has 1 atom stereocenters. The average Bonchev–Trinajstić information content (AvgIpc) is 3.27. The molecule has 2 heterocycles. The van der Waals surface area contributed by atoms with Crippen molar-refractivity contribution in [2.45, 2.75) is 56.1 Å². The highest BCUT2D eigenvalue weighted by Gasteiger charge is 2.52. The van der Waals surface area contributed by atoms with Gasteiger partial charge in [-0.25, -0.2) is 0 Å². The summed E-state index contributed by atoms with van der Waals surface area (Å²) in [4.78, 5) is 4.29. The first-order valence-electron chi connectivity index (χ1n) is 10.0. The highest BCUT2D eigenvalue weighted by atomic mass is 16.7. The molecule has 1 unspecified atom stereocenters. The van der Waals surface area contributed by atoms with E-state index in [9.17, 15) is 0 Å². The van der Waals surface area contributed by atoms with Crippen LogP contribution in [-0.4, -0.2) is 24.0 Å². The molecule has 2 fully saturated rings. The molecule has 0 amide bonds. The fourth-order valence-corrected chi connectivity index (χ4v) is 5.67. The Labute approximate surface area is 155 Å². The maximum absolute atomic E-state index is 6.01. The van der Waals surface area contributed by atoms with Gasteiger partial charge in [0, 0.05) is 25.2 Å². The van der Waals surface area contributed by atoms with Crippen LogP contribution in [0.5, 0.6) is 0 Å². The minimum absolute atomic E-state index is 0.281. The highest BCUT2D eigenvalue weighted by molar-refractivity contribution is 5.41. The number of fused-ring (bicyclic) bond motifs is 2. The molecule has 0 N–H and O–H groups in total. The molecule has 2 aromatic rings. The number of hydrogen-bond donors (Lipinski definition) is 0. The van der Waals surface area contributed by atoms with Crippen LogP contribution in [0.15, 0.2) is 48.8 Å². The van der Waals surface area contributed by atoms with Crippen molar-refractivity contribution in [2.24, 2.45) is 5.92 Å². The van der Waals surface area contributed by atoms with E-state index in [1.807, 2.05) is 18.5 Å². The predicted octanol–water partition coefficient (Wildman–Crippen LogP) is 4.44. The lowest BCUT2D eigenvalue weighted by Crippen LogP contribution is -2.44. The van der Waals surface area contributed by atoms with Gasteiger partial charge in [-0.2, -0.15) is 0 Å². The zero-order chi connectivity index (χ0) is 17.5. The summed E-state index contributed by atoms with van der Waals surface area (Å²) in [7, 11) is 0. The van der Waals surface area contributed by atoms with Gasteiger partial charge in [0.15, 0.2) is 5.79 Å². The van der Waals surface area contributed by atoms with Crippen LogP contribution in [0.2, 0.25) is 0 Å². The van der Waals surface area contributed by atoms with Gasteiger partial charge in [-0.3, -0.25) is 4.98 Å². The molecule has 3 heteroatoms. The Hall–Kier alpha value is -1.71. The van der Waals surface area contributed by atoms with Crippen molar-refractivity contribution >= 4 is 0 Å². The maximum Gasteiger partial charge on any atom is 0.168 e. The third kappa shape index (κ3) is 2.69. The van der Waals surface area contributed by atoms with Crippen LogP contribution in [0, 0.1) is 5.92 Å². The summed E-state index contributed by atoms with van der Waals surface area (Å²) in [6.45, 7) is 1.52. The van der Waals surface area contributed by atoms with Crippen LogP contribution in [0.1, 0.15) is 48.8 Å². The number of rotatable bonds is 3. The topological polar surface area (TPSA) is 31.4 Å². The van der Waals surface area contributed by atoms with E-state index in [1.54, 1.807) is 11.1 Å². The number of benzene rings is 1. The van der Waals surface area contributed by atoms with Crippen LogP contribution >= 0.6 is 0 Å². The number of hydrogen-bond acceptors (Lipinski definition) is 3. The van der Waals surface area contributed by atoms with Crippen LogP contribution in [0.3, 0.4) is 0 Å². The summed E-state index contributed by atoms with van der Waals surface area (Å²) in [5.74, 6) is 0.426. The molecule has 26 heavy (non-hydrogen) atoms. The lowest BCUT2D eigenvalue weighted by molar-refractivity contribution is -0.187. The number of pyridine rings is 1. The van der Waals surface area contributed by atoms with Crippen molar-refractivity contribution in [3.05, 3.63) is 65.5 Å². The Morgan fingerprint density at radius 1 is 0.962 bits per heavy atom. The summed E-state index contributed by atoms with van der Waals surface area (Å²) in [6, 6.07) is 13.4. The van der Waals surface area contributed by atoms with E-state index in [1.165, 1.54) is 31.2 Å². The molecule has 3 nitrogen and oxygen atoms in total. The predicted molar refractivity (Wildman–Crippen MR) is 101 cm³/mol. The summed E-state index contributed by atoms with van der Waals surface area (Å²) < 4.78 is 12.0. The molecule has 1 aromatic heterocycles. The molecule has 1 saturated carbocycles. The largest absolute Gasteiger partial charge is 0.348 e. The van der Waals surface area contributed by atoms with Gasteiger partial charge in [0.05, 0.1) is 13.2 Å². The second-order valence-corrected chi connectivity index (χ2v) is 8.22. The number of aryl methyl sites for hydroxylation is 1. The Morgan fingerprint density at radius 2 is 1.77 bits per heavy atom. The second kappa shape index (κ2) is 6.47. The van der Waals surface area contributed by atoms with E-state index >= 15 is 0 Å². The minimum atomic E-state index is -0.281. The molecule has 0 bridgehead atoms. The molecular formula is C23H27NO2. The fraction of sp³-hybridized carbons (Fsp3) is 0.522. The molecule has 2 spiro atoms. The monoisotopic (exact) mass is 349 g/mol. The average molecular weight is 349 g/mol. The summed E-state index contributed by atoms with van der Waals surface area (Å²) in [5.41, 5.74) is 4.82. The standard InChI is InChI=1S/C23H27NO2/c1-2-6-21-19(5-1)16-20(8-7-18-4-3-13-24-17-18)22(21)9-11-23(12-10-22)25-14-15-26-23/h1-6,13,17,20H,7-12,14-16H2. The third-order valence-electron chi connectivity index (χ3n) is 7.02. The van der Waals surface area contributed by atoms with Crippen LogP contribution in [-0.2, 0) is 27.7 Å². The second-order valence-electron chi connectivity index (χ2n) is 8.22. The van der Waals surface area contributed by atoms with E-state index in [0.29, 0.717) is 11.3 Å². The van der Waals surface area contributed by atoms with E-state index in [4.69, 9.17) is 9.47 Å². The lowest BCUT2D eigenvalue weighted by Gasteiger charge is -2.45. The Morgan fingerprint density at radius 3 is 2.54 bits per heavy atom. The minimum Gasteiger partial charge on any atom is -0.348 e. The van der Waals surface area contributed by atoms with Gasteiger partial charge >= 0.3 is 0 Å². The first-order chi connectivity index (χ1) is 12.8. The third-order valence-corrected chi connectivity index (χ3v) is 7.02. The summed E-state index contributed by atoms with van der Waals surface area (Å²) >= 11 is 0. The van der Waals surface area contributed by atoms with Crippen LogP contribution < -0.4 is 0 Å². The number of ether oxygens (including phenoxy) is 2. The smallest absolute Gasteiger partial charge is 0.168 e. The van der Waals surface area contributed by atoms with Crippen molar-refractivity contribution in [3.8, 4) is 0 Å². The summed E-state index contributed by atoms with van der Waals surface area (Å²) in [6.07, 6.45) is 11.9. The molecule has 1 saturated heterocycles. The van der Waals surface area contributed by atoms with Gasteiger partial charge in [0.2, 0.25) is 0 Å². The van der Waals surface area contributed by atoms with Crippen molar-refractivity contribution < 1.29 is 9.47 Å². The zero-order valence-corrected chi connectivity index (χ0v) is 15.3. The molecule has 1 aliphatic heterocycles. The lowest BCUT2D eigenvalue weighted by atomic mass is 9.63. The quantitative estimate of drug-likeness (QED) is 0.821. The number of nitrogens with zero attached hydrogens (tertiary/aromatic N) is 1. The fourth-order valence-electron chi connectivity index (χ4n) is 5.67. The molecular weight excluding hydrogens is 322 g/mol. The molecule has 5 rings (SSSR count). The van der Waals surface area contributed by atoms with Crippen LogP contribution in [0.25, 0.3) is 0 Å². The van der Waals surface area contributed by atoms with E-state index in [0.717, 1.165) is 32.5 Å². The van der Waals surface area contributed by atoms with E-state index in [-0.39, 0.29) is 5.79 Å². The zero-order valence-electron chi connectivity index (χ0n) is 15.3. The number of aromatic nitrogens is 1. The Bertz CT molecular complexity index is 757. The van der Waals surface area contributed by atoms with Crippen molar-refractivity contribution in [1.29, 1.82) is 0 Å². The van der Waals surface area contributed by atoms with Gasteiger partial charge in [0.1, 0.15) is 0 Å². The Kier molecular flexibility index (Phi) is 4.10. The molecule has 136 valence electrons. The Balaban J connectivity index is 1.40. The molecule has 3 aliphatic rings. The van der Waals surface area contributed by atoms with Gasteiger partial charge in [-0.1, -0.05) is 30.3 Å². The molecule has 1 aromatic carbocycles.